The number of Topliss-reactive ketones (excluding diaryl/α,β-unsaturated/α-hetero) is 2. The average molecular weight is 356 g/mol. The third kappa shape index (κ3) is 2.83. The molecule has 1 heterocycles. The fraction of sp³-hybridized carbons (Fsp3) is 0.200. The van der Waals surface area contributed by atoms with Gasteiger partial charge in [0.2, 0.25) is 0 Å². The molecule has 3 rings (SSSR count). The molecule has 0 unspecified atom stereocenters. The molecule has 1 aromatic heterocycles. The van der Waals surface area contributed by atoms with Gasteiger partial charge in [0.05, 0.1) is 18.2 Å². The van der Waals surface area contributed by atoms with Crippen molar-refractivity contribution >= 4 is 34.1 Å². The van der Waals surface area contributed by atoms with E-state index in [0.717, 1.165) is 22.3 Å². The molecule has 0 saturated heterocycles. The van der Waals surface area contributed by atoms with E-state index in [1.807, 2.05) is 23.6 Å². The second-order valence-electron chi connectivity index (χ2n) is 5.95. The normalized spacial score (nSPS) is 10.9. The smallest absolute Gasteiger partial charge is 0.163 e. The maximum Gasteiger partial charge on any atom is 0.163 e. The molecule has 25 heavy (non-hydrogen) atoms. The van der Waals surface area contributed by atoms with E-state index in [4.69, 9.17) is 16.3 Å². The Bertz CT molecular complexity index is 1000. The van der Waals surface area contributed by atoms with Crippen molar-refractivity contribution in [2.75, 3.05) is 7.11 Å². The van der Waals surface area contributed by atoms with Crippen LogP contribution in [0.1, 0.15) is 40.3 Å². The topological polar surface area (TPSA) is 48.3 Å². The first-order chi connectivity index (χ1) is 11.8. The zero-order valence-corrected chi connectivity index (χ0v) is 15.3. The minimum absolute atomic E-state index is 0.0344. The first-order valence-electron chi connectivity index (χ1n) is 7.86. The number of hydrogen-bond donors (Lipinski definition) is 0. The van der Waals surface area contributed by atoms with Gasteiger partial charge in [-0.05, 0) is 57.2 Å². The summed E-state index contributed by atoms with van der Waals surface area (Å²) in [5.41, 5.74) is 3.58. The highest BCUT2D eigenvalue weighted by molar-refractivity contribution is 6.30. The maximum absolute atomic E-state index is 12.3. The van der Waals surface area contributed by atoms with Gasteiger partial charge in [-0.15, -0.1) is 0 Å². The van der Waals surface area contributed by atoms with E-state index >= 15 is 0 Å². The fourth-order valence-electron chi connectivity index (χ4n) is 3.25. The van der Waals surface area contributed by atoms with Gasteiger partial charge in [-0.25, -0.2) is 0 Å². The third-order valence-electron chi connectivity index (χ3n) is 4.34. The molecule has 0 aliphatic rings. The second kappa shape index (κ2) is 6.37. The molecule has 0 N–H and O–H groups in total. The molecule has 0 atom stereocenters. The number of benzene rings is 2. The summed E-state index contributed by atoms with van der Waals surface area (Å²) in [6.45, 7) is 4.93. The maximum atomic E-state index is 12.3. The van der Waals surface area contributed by atoms with Crippen LogP contribution in [-0.2, 0) is 0 Å². The Morgan fingerprint density at radius 2 is 1.68 bits per heavy atom. The van der Waals surface area contributed by atoms with Crippen LogP contribution >= 0.6 is 11.6 Å². The van der Waals surface area contributed by atoms with Gasteiger partial charge in [0.1, 0.15) is 5.75 Å². The number of hydrogen-bond acceptors (Lipinski definition) is 3. The van der Waals surface area contributed by atoms with E-state index in [-0.39, 0.29) is 11.6 Å². The van der Waals surface area contributed by atoms with E-state index in [1.54, 1.807) is 31.2 Å². The first-order valence-corrected chi connectivity index (χ1v) is 8.23. The van der Waals surface area contributed by atoms with Gasteiger partial charge in [-0.3, -0.25) is 9.59 Å². The number of aromatic nitrogens is 1. The molecule has 0 aliphatic heterocycles. The fourth-order valence-corrected chi connectivity index (χ4v) is 3.38. The van der Waals surface area contributed by atoms with Crippen molar-refractivity contribution in [3.63, 3.8) is 0 Å². The van der Waals surface area contributed by atoms with E-state index in [2.05, 4.69) is 0 Å². The lowest BCUT2D eigenvalue weighted by Crippen LogP contribution is -2.00. The van der Waals surface area contributed by atoms with Gasteiger partial charge in [-0.2, -0.15) is 0 Å². The molecule has 5 heteroatoms. The predicted molar refractivity (Wildman–Crippen MR) is 99.6 cm³/mol. The SMILES string of the molecule is COc1cc2c(C(C)=O)c(C)n(-c3ccc(Cl)cc3)c2cc1C(C)=O. The van der Waals surface area contributed by atoms with Crippen molar-refractivity contribution in [1.29, 1.82) is 0 Å². The van der Waals surface area contributed by atoms with Crippen molar-refractivity contribution in [1.82, 2.24) is 4.57 Å². The second-order valence-corrected chi connectivity index (χ2v) is 6.39. The van der Waals surface area contributed by atoms with Crippen LogP contribution in [0, 0.1) is 6.92 Å². The summed E-state index contributed by atoms with van der Waals surface area (Å²) < 4.78 is 7.33. The molecule has 0 bridgehead atoms. The van der Waals surface area contributed by atoms with Crippen LogP contribution in [0.4, 0.5) is 0 Å². The Hall–Kier alpha value is -2.59. The van der Waals surface area contributed by atoms with Crippen LogP contribution in [0.3, 0.4) is 0 Å². The Morgan fingerprint density at radius 1 is 1.04 bits per heavy atom. The largest absolute Gasteiger partial charge is 0.496 e. The number of carbonyl (C=O) groups excluding carboxylic acids is 2. The lowest BCUT2D eigenvalue weighted by Gasteiger charge is -2.11. The third-order valence-corrected chi connectivity index (χ3v) is 4.59. The van der Waals surface area contributed by atoms with Crippen LogP contribution in [0.2, 0.25) is 5.02 Å². The summed E-state index contributed by atoms with van der Waals surface area (Å²) in [5, 5.41) is 1.40. The number of fused-ring (bicyclic) bond motifs is 1. The van der Waals surface area contributed by atoms with Crippen molar-refractivity contribution in [3.8, 4) is 11.4 Å². The highest BCUT2D eigenvalue weighted by Crippen LogP contribution is 2.35. The van der Waals surface area contributed by atoms with Crippen LogP contribution in [0.15, 0.2) is 36.4 Å². The van der Waals surface area contributed by atoms with Crippen molar-refractivity contribution in [2.45, 2.75) is 20.8 Å². The molecule has 0 amide bonds. The van der Waals surface area contributed by atoms with Gasteiger partial charge in [0, 0.05) is 27.4 Å². The molecule has 0 spiro atoms. The summed E-state index contributed by atoms with van der Waals surface area (Å²) in [7, 11) is 1.52. The average Bonchev–Trinajstić information content (AvgIpc) is 2.85. The highest BCUT2D eigenvalue weighted by atomic mass is 35.5. The van der Waals surface area contributed by atoms with Crippen LogP contribution in [0.25, 0.3) is 16.6 Å². The lowest BCUT2D eigenvalue weighted by atomic mass is 10.0. The molecule has 0 saturated carbocycles. The Morgan fingerprint density at radius 3 is 2.20 bits per heavy atom. The number of ether oxygens (including phenoxy) is 1. The van der Waals surface area contributed by atoms with Crippen LogP contribution in [0.5, 0.6) is 5.75 Å². The van der Waals surface area contributed by atoms with Crippen molar-refractivity contribution in [2.24, 2.45) is 0 Å². The van der Waals surface area contributed by atoms with Crippen molar-refractivity contribution < 1.29 is 14.3 Å². The Kier molecular flexibility index (Phi) is 4.39. The molecular weight excluding hydrogens is 338 g/mol. The number of carbonyl (C=O) groups is 2. The molecule has 4 nitrogen and oxygen atoms in total. The predicted octanol–water partition coefficient (Wildman–Crippen LogP) is 5.01. The highest BCUT2D eigenvalue weighted by Gasteiger charge is 2.21. The number of nitrogens with zero attached hydrogens (tertiary/aromatic N) is 1. The number of halogens is 1. The summed E-state index contributed by atoms with van der Waals surface area (Å²) in [4.78, 5) is 24.3. The van der Waals surface area contributed by atoms with Crippen molar-refractivity contribution in [3.05, 3.63) is 58.2 Å². The summed E-state index contributed by atoms with van der Waals surface area (Å²) in [5.74, 6) is 0.341. The summed E-state index contributed by atoms with van der Waals surface area (Å²) >= 11 is 5.99. The zero-order valence-electron chi connectivity index (χ0n) is 14.5. The summed E-state index contributed by atoms with van der Waals surface area (Å²) in [6.07, 6.45) is 0. The number of methoxy groups -OCH3 is 1. The van der Waals surface area contributed by atoms with E-state index < -0.39 is 0 Å². The molecule has 3 aromatic rings. The molecule has 0 aliphatic carbocycles. The minimum atomic E-state index is -0.0929. The Balaban J connectivity index is 2.45. The number of rotatable bonds is 4. The standard InChI is InChI=1S/C20H18ClNO3/c1-11-20(13(3)24)17-10-19(25-4)16(12(2)23)9-18(17)22(11)15-7-5-14(21)6-8-15/h5-10H,1-4H3. The van der Waals surface area contributed by atoms with Crippen LogP contribution < -0.4 is 4.74 Å². The molecular formula is C20H18ClNO3. The van der Waals surface area contributed by atoms with E-state index in [9.17, 15) is 9.59 Å². The number of ketones is 2. The molecule has 2 aromatic carbocycles. The van der Waals surface area contributed by atoms with Gasteiger partial charge in [0.15, 0.2) is 11.6 Å². The molecule has 0 fully saturated rings. The van der Waals surface area contributed by atoms with E-state index in [1.165, 1.54) is 14.0 Å². The zero-order chi connectivity index (χ0) is 18.3. The summed E-state index contributed by atoms with van der Waals surface area (Å²) in [6, 6.07) is 10.9. The quantitative estimate of drug-likeness (QED) is 0.618. The van der Waals surface area contributed by atoms with Gasteiger partial charge in [-0.1, -0.05) is 11.6 Å². The molecule has 0 radical (unpaired) electrons. The first kappa shape index (κ1) is 17.2. The monoisotopic (exact) mass is 355 g/mol. The van der Waals surface area contributed by atoms with Gasteiger partial charge >= 0.3 is 0 Å². The Labute approximate surface area is 151 Å². The minimum Gasteiger partial charge on any atom is -0.496 e. The van der Waals surface area contributed by atoms with Crippen LogP contribution in [-0.4, -0.2) is 23.2 Å². The lowest BCUT2D eigenvalue weighted by molar-refractivity contribution is 0.100. The van der Waals surface area contributed by atoms with Gasteiger partial charge < -0.3 is 9.30 Å². The van der Waals surface area contributed by atoms with Gasteiger partial charge in [0.25, 0.3) is 0 Å². The van der Waals surface area contributed by atoms with E-state index in [0.29, 0.717) is 21.9 Å². The molecule has 128 valence electrons.